The zero-order valence-electron chi connectivity index (χ0n) is 18.4. The number of fused-ring (bicyclic) bond motifs is 1. The van der Waals surface area contributed by atoms with Crippen molar-refractivity contribution in [2.75, 3.05) is 26.2 Å². The Labute approximate surface area is 180 Å². The van der Waals surface area contributed by atoms with Crippen LogP contribution in [-0.4, -0.2) is 43.2 Å². The molecule has 4 heteroatoms. The van der Waals surface area contributed by atoms with E-state index in [1.807, 2.05) is 6.92 Å². The van der Waals surface area contributed by atoms with Crippen LogP contribution < -0.4 is 4.74 Å². The van der Waals surface area contributed by atoms with Gasteiger partial charge in [-0.25, -0.2) is 0 Å². The van der Waals surface area contributed by atoms with Gasteiger partial charge in [0.05, 0.1) is 18.6 Å². The monoisotopic (exact) mass is 409 g/mol. The van der Waals surface area contributed by atoms with Gasteiger partial charge in [0.2, 0.25) is 0 Å². The summed E-state index contributed by atoms with van der Waals surface area (Å²) >= 11 is 0. The summed E-state index contributed by atoms with van der Waals surface area (Å²) in [6.07, 6.45) is 6.88. The van der Waals surface area contributed by atoms with Gasteiger partial charge in [0.15, 0.2) is 0 Å². The van der Waals surface area contributed by atoms with Crippen LogP contribution in [0, 0.1) is 11.8 Å². The quantitative estimate of drug-likeness (QED) is 0.587. The van der Waals surface area contributed by atoms with Gasteiger partial charge >= 0.3 is 5.97 Å². The molecule has 0 N–H and O–H groups in total. The average Bonchev–Trinajstić information content (AvgIpc) is 3.17. The van der Waals surface area contributed by atoms with E-state index in [1.54, 1.807) is 0 Å². The summed E-state index contributed by atoms with van der Waals surface area (Å²) in [6.45, 7) is 7.68. The van der Waals surface area contributed by atoms with Crippen LogP contribution in [0.15, 0.2) is 36.4 Å². The smallest absolute Gasteiger partial charge is 0.309 e. The highest BCUT2D eigenvalue weighted by Crippen LogP contribution is 2.30. The minimum Gasteiger partial charge on any atom is -0.490 e. The summed E-state index contributed by atoms with van der Waals surface area (Å²) in [4.78, 5) is 14.4. The van der Waals surface area contributed by atoms with Crippen molar-refractivity contribution in [3.63, 3.8) is 0 Å². The number of esters is 1. The standard InChI is InChI=1S/C26H35NO3/c1-3-29-26(28)21-11-14-27(15-12-21)13-10-20-5-6-23-18-25(9-7-22(23)17-20)30-24-8-4-19(2)16-24/h5-7,9,17-19,21,24H,3-4,8,10-16H2,1-2H3. The molecular formula is C26H35NO3. The number of carbonyl (C=O) groups is 1. The Hall–Kier alpha value is -2.07. The molecule has 2 atom stereocenters. The van der Waals surface area contributed by atoms with Gasteiger partial charge in [0.1, 0.15) is 5.75 Å². The molecule has 2 aromatic rings. The number of rotatable bonds is 7. The molecule has 2 aromatic carbocycles. The van der Waals surface area contributed by atoms with Gasteiger partial charge in [-0.3, -0.25) is 4.79 Å². The van der Waals surface area contributed by atoms with E-state index in [0.29, 0.717) is 12.7 Å². The van der Waals surface area contributed by atoms with E-state index in [9.17, 15) is 4.79 Å². The second kappa shape index (κ2) is 9.82. The van der Waals surface area contributed by atoms with Crippen molar-refractivity contribution < 1.29 is 14.3 Å². The molecule has 4 nitrogen and oxygen atoms in total. The van der Waals surface area contributed by atoms with Crippen LogP contribution >= 0.6 is 0 Å². The predicted octanol–water partition coefficient (Wildman–Crippen LogP) is 5.22. The molecule has 0 aromatic heterocycles. The highest BCUT2D eigenvalue weighted by atomic mass is 16.5. The Bertz CT molecular complexity index is 856. The largest absolute Gasteiger partial charge is 0.490 e. The minimum absolute atomic E-state index is 0.0162. The van der Waals surface area contributed by atoms with Crippen LogP contribution in [0.4, 0.5) is 0 Å². The summed E-state index contributed by atoms with van der Waals surface area (Å²) in [5.41, 5.74) is 1.37. The number of hydrogen-bond acceptors (Lipinski definition) is 4. The zero-order valence-corrected chi connectivity index (χ0v) is 18.4. The van der Waals surface area contributed by atoms with Crippen molar-refractivity contribution in [2.45, 2.75) is 58.5 Å². The first-order valence-corrected chi connectivity index (χ1v) is 11.7. The maximum atomic E-state index is 11.9. The van der Waals surface area contributed by atoms with Crippen molar-refractivity contribution in [1.82, 2.24) is 4.90 Å². The Balaban J connectivity index is 1.29. The van der Waals surface area contributed by atoms with Crippen LogP contribution in [0.25, 0.3) is 10.8 Å². The lowest BCUT2D eigenvalue weighted by Crippen LogP contribution is -2.38. The topological polar surface area (TPSA) is 38.8 Å². The van der Waals surface area contributed by atoms with Gasteiger partial charge in [-0.1, -0.05) is 31.2 Å². The van der Waals surface area contributed by atoms with Gasteiger partial charge < -0.3 is 14.4 Å². The summed E-state index contributed by atoms with van der Waals surface area (Å²) in [6, 6.07) is 13.3. The SMILES string of the molecule is CCOC(=O)C1CCN(CCc2ccc3cc(OC4CCC(C)C4)ccc3c2)CC1. The highest BCUT2D eigenvalue weighted by molar-refractivity contribution is 5.84. The van der Waals surface area contributed by atoms with Crippen LogP contribution in [0.5, 0.6) is 5.75 Å². The second-order valence-corrected chi connectivity index (χ2v) is 9.12. The maximum Gasteiger partial charge on any atom is 0.309 e. The number of carbonyl (C=O) groups excluding carboxylic acids is 1. The maximum absolute atomic E-state index is 11.9. The van der Waals surface area contributed by atoms with Crippen LogP contribution in [0.3, 0.4) is 0 Å². The number of piperidine rings is 1. The highest BCUT2D eigenvalue weighted by Gasteiger charge is 2.25. The van der Waals surface area contributed by atoms with Gasteiger partial charge in [-0.05, 0) is 92.9 Å². The Morgan fingerprint density at radius 3 is 2.53 bits per heavy atom. The van der Waals surface area contributed by atoms with Crippen molar-refractivity contribution in [3.8, 4) is 5.75 Å². The molecule has 1 heterocycles. The molecule has 2 fully saturated rings. The van der Waals surface area contributed by atoms with Crippen LogP contribution in [-0.2, 0) is 16.0 Å². The molecule has 2 aliphatic rings. The first-order valence-electron chi connectivity index (χ1n) is 11.7. The van der Waals surface area contributed by atoms with Gasteiger partial charge in [0.25, 0.3) is 0 Å². The minimum atomic E-state index is -0.0162. The number of benzene rings is 2. The summed E-state index contributed by atoms with van der Waals surface area (Å²) < 4.78 is 11.4. The van der Waals surface area contributed by atoms with Gasteiger partial charge in [-0.2, -0.15) is 0 Å². The lowest BCUT2D eigenvalue weighted by atomic mass is 9.96. The van der Waals surface area contributed by atoms with Crippen LogP contribution in [0.1, 0.15) is 51.5 Å². The fourth-order valence-corrected chi connectivity index (χ4v) is 4.90. The summed E-state index contributed by atoms with van der Waals surface area (Å²) in [5.74, 6) is 1.86. The number of ether oxygens (including phenoxy) is 2. The second-order valence-electron chi connectivity index (χ2n) is 9.12. The molecule has 2 unspecified atom stereocenters. The Morgan fingerprint density at radius 1 is 1.03 bits per heavy atom. The van der Waals surface area contributed by atoms with Gasteiger partial charge in [-0.15, -0.1) is 0 Å². The van der Waals surface area contributed by atoms with Crippen molar-refractivity contribution in [2.24, 2.45) is 11.8 Å². The zero-order chi connectivity index (χ0) is 20.9. The third kappa shape index (κ3) is 5.34. The van der Waals surface area contributed by atoms with E-state index in [4.69, 9.17) is 9.47 Å². The van der Waals surface area contributed by atoms with E-state index >= 15 is 0 Å². The molecule has 162 valence electrons. The number of likely N-dealkylation sites (tertiary alicyclic amines) is 1. The first-order chi connectivity index (χ1) is 14.6. The molecule has 0 spiro atoms. The van der Waals surface area contributed by atoms with E-state index in [0.717, 1.165) is 50.6 Å². The summed E-state index contributed by atoms with van der Waals surface area (Å²) in [7, 11) is 0. The lowest BCUT2D eigenvalue weighted by molar-refractivity contribution is -0.149. The van der Waals surface area contributed by atoms with Gasteiger partial charge in [0, 0.05) is 6.54 Å². The molecule has 0 amide bonds. The normalized spacial score (nSPS) is 23.0. The van der Waals surface area contributed by atoms with E-state index in [1.165, 1.54) is 35.6 Å². The Kier molecular flexibility index (Phi) is 6.93. The molecule has 1 saturated carbocycles. The van der Waals surface area contributed by atoms with Crippen molar-refractivity contribution in [1.29, 1.82) is 0 Å². The lowest BCUT2D eigenvalue weighted by Gasteiger charge is -2.30. The molecular weight excluding hydrogens is 374 g/mol. The van der Waals surface area contributed by atoms with E-state index in [2.05, 4.69) is 48.2 Å². The third-order valence-electron chi connectivity index (χ3n) is 6.75. The molecule has 1 aliphatic heterocycles. The van der Waals surface area contributed by atoms with E-state index < -0.39 is 0 Å². The number of nitrogens with zero attached hydrogens (tertiary/aromatic N) is 1. The molecule has 4 rings (SSSR count). The van der Waals surface area contributed by atoms with Crippen molar-refractivity contribution >= 4 is 16.7 Å². The molecule has 1 saturated heterocycles. The number of hydrogen-bond donors (Lipinski definition) is 0. The molecule has 1 aliphatic carbocycles. The van der Waals surface area contributed by atoms with Crippen LogP contribution in [0.2, 0.25) is 0 Å². The van der Waals surface area contributed by atoms with Crippen molar-refractivity contribution in [3.05, 3.63) is 42.0 Å². The first kappa shape index (κ1) is 21.2. The molecule has 30 heavy (non-hydrogen) atoms. The fraction of sp³-hybridized carbons (Fsp3) is 0.577. The summed E-state index contributed by atoms with van der Waals surface area (Å²) in [5, 5.41) is 2.53. The van der Waals surface area contributed by atoms with E-state index in [-0.39, 0.29) is 11.9 Å². The molecule has 0 radical (unpaired) electrons. The molecule has 0 bridgehead atoms. The Morgan fingerprint density at radius 2 is 1.80 bits per heavy atom. The third-order valence-corrected chi connectivity index (χ3v) is 6.75. The predicted molar refractivity (Wildman–Crippen MR) is 121 cm³/mol. The fourth-order valence-electron chi connectivity index (χ4n) is 4.90. The average molecular weight is 410 g/mol.